The first-order valence-corrected chi connectivity index (χ1v) is 10.1. The van der Waals surface area contributed by atoms with E-state index < -0.39 is 0 Å². The molecule has 3 fully saturated rings. The molecule has 3 aliphatic rings. The topological polar surface area (TPSA) is 73.4 Å². The summed E-state index contributed by atoms with van der Waals surface area (Å²) >= 11 is 0. The van der Waals surface area contributed by atoms with Gasteiger partial charge in [-0.2, -0.15) is 0 Å². The van der Waals surface area contributed by atoms with Gasteiger partial charge in [-0.15, -0.1) is 0 Å². The van der Waals surface area contributed by atoms with Gasteiger partial charge < -0.3 is 19.4 Å². The van der Waals surface area contributed by atoms with E-state index >= 15 is 0 Å². The second-order valence-electron chi connectivity index (χ2n) is 7.81. The first kappa shape index (κ1) is 19.9. The number of piperazine rings is 2. The van der Waals surface area contributed by atoms with Crippen LogP contribution >= 0.6 is 0 Å². The molecule has 0 bridgehead atoms. The summed E-state index contributed by atoms with van der Waals surface area (Å²) in [7, 11) is 1.40. The minimum atomic E-state index is -0.293. The van der Waals surface area contributed by atoms with Crippen LogP contribution in [0.3, 0.4) is 0 Å². The Labute approximate surface area is 161 Å². The van der Waals surface area contributed by atoms with Crippen molar-refractivity contribution in [2.75, 3.05) is 59.5 Å². The second kappa shape index (κ2) is 8.91. The van der Waals surface area contributed by atoms with E-state index in [4.69, 9.17) is 4.74 Å². The molecule has 8 nitrogen and oxygen atoms in total. The van der Waals surface area contributed by atoms with E-state index in [-0.39, 0.29) is 23.9 Å². The van der Waals surface area contributed by atoms with Crippen LogP contribution in [0.2, 0.25) is 0 Å². The average molecular weight is 380 g/mol. The highest BCUT2D eigenvalue weighted by Gasteiger charge is 2.40. The van der Waals surface area contributed by atoms with Gasteiger partial charge in [0.2, 0.25) is 11.8 Å². The molecule has 8 heteroatoms. The summed E-state index contributed by atoms with van der Waals surface area (Å²) < 4.78 is 4.82. The van der Waals surface area contributed by atoms with Crippen molar-refractivity contribution in [3.63, 3.8) is 0 Å². The molecule has 3 rings (SSSR count). The third-order valence-corrected chi connectivity index (χ3v) is 6.28. The molecule has 2 saturated heterocycles. The normalized spacial score (nSPS) is 23.4. The Hall–Kier alpha value is -1.83. The number of hydrogen-bond donors (Lipinski definition) is 0. The standard InChI is InChI=1S/C19H32N4O4/c1-15(24)20-7-11-22(12-8-20)18(25)17(16-5-3-4-6-16)21-9-13-23(14-10-21)19(26)27-2/h16-17H,3-14H2,1-2H3. The Kier molecular flexibility index (Phi) is 6.57. The van der Waals surface area contributed by atoms with E-state index in [1.54, 1.807) is 11.8 Å². The van der Waals surface area contributed by atoms with Crippen LogP contribution in [0.1, 0.15) is 32.6 Å². The summed E-state index contributed by atoms with van der Waals surface area (Å²) in [5.74, 6) is 0.679. The molecule has 1 atom stereocenters. The minimum Gasteiger partial charge on any atom is -0.453 e. The zero-order valence-electron chi connectivity index (χ0n) is 16.6. The first-order valence-electron chi connectivity index (χ1n) is 10.1. The molecule has 1 unspecified atom stereocenters. The zero-order chi connectivity index (χ0) is 19.4. The van der Waals surface area contributed by atoms with Gasteiger partial charge in [-0.3, -0.25) is 14.5 Å². The SMILES string of the molecule is COC(=O)N1CCN(C(C(=O)N2CCN(C(C)=O)CC2)C2CCCC2)CC1. The molecular formula is C19H32N4O4. The Balaban J connectivity index is 1.64. The summed E-state index contributed by atoms with van der Waals surface area (Å²) in [4.78, 5) is 44.4. The van der Waals surface area contributed by atoms with Gasteiger partial charge in [0.25, 0.3) is 0 Å². The molecule has 2 heterocycles. The molecule has 0 radical (unpaired) electrons. The number of ether oxygens (including phenoxy) is 1. The Morgan fingerprint density at radius 3 is 1.85 bits per heavy atom. The van der Waals surface area contributed by atoms with Crippen molar-refractivity contribution in [2.24, 2.45) is 5.92 Å². The van der Waals surface area contributed by atoms with E-state index in [0.29, 0.717) is 58.3 Å². The van der Waals surface area contributed by atoms with E-state index in [9.17, 15) is 14.4 Å². The molecule has 1 saturated carbocycles. The monoisotopic (exact) mass is 380 g/mol. The maximum Gasteiger partial charge on any atom is 0.409 e. The van der Waals surface area contributed by atoms with Crippen molar-refractivity contribution in [3.05, 3.63) is 0 Å². The molecule has 2 aliphatic heterocycles. The molecule has 0 spiro atoms. The summed E-state index contributed by atoms with van der Waals surface area (Å²) in [6, 6.07) is -0.101. The second-order valence-corrected chi connectivity index (χ2v) is 7.81. The number of methoxy groups -OCH3 is 1. The molecule has 0 N–H and O–H groups in total. The number of nitrogens with zero attached hydrogens (tertiary/aromatic N) is 4. The highest BCUT2D eigenvalue weighted by Crippen LogP contribution is 2.32. The van der Waals surface area contributed by atoms with Gasteiger partial charge in [0.1, 0.15) is 0 Å². The fraction of sp³-hybridized carbons (Fsp3) is 0.842. The average Bonchev–Trinajstić information content (AvgIpc) is 3.22. The van der Waals surface area contributed by atoms with Gasteiger partial charge in [0.05, 0.1) is 13.2 Å². The number of amides is 3. The molecule has 0 aromatic rings. The molecule has 0 aromatic heterocycles. The van der Waals surface area contributed by atoms with Crippen molar-refractivity contribution >= 4 is 17.9 Å². The predicted octanol–water partition coefficient (Wildman–Crippen LogP) is 0.620. The van der Waals surface area contributed by atoms with Crippen LogP contribution in [0.4, 0.5) is 4.79 Å². The summed E-state index contributed by atoms with van der Waals surface area (Å²) in [6.07, 6.45) is 4.28. The van der Waals surface area contributed by atoms with Crippen LogP contribution < -0.4 is 0 Å². The van der Waals surface area contributed by atoms with Gasteiger partial charge in [0, 0.05) is 59.3 Å². The maximum absolute atomic E-state index is 13.4. The van der Waals surface area contributed by atoms with Gasteiger partial charge >= 0.3 is 6.09 Å². The predicted molar refractivity (Wildman–Crippen MR) is 100 cm³/mol. The quantitative estimate of drug-likeness (QED) is 0.718. The minimum absolute atomic E-state index is 0.0772. The highest BCUT2D eigenvalue weighted by molar-refractivity contribution is 5.83. The molecule has 1 aliphatic carbocycles. The number of carbonyl (C=O) groups is 3. The van der Waals surface area contributed by atoms with Crippen LogP contribution in [0.15, 0.2) is 0 Å². The molecular weight excluding hydrogens is 348 g/mol. The first-order chi connectivity index (χ1) is 13.0. The van der Waals surface area contributed by atoms with Gasteiger partial charge in [-0.1, -0.05) is 12.8 Å². The lowest BCUT2D eigenvalue weighted by atomic mass is 9.94. The van der Waals surface area contributed by atoms with Crippen LogP contribution in [0.5, 0.6) is 0 Å². The third-order valence-electron chi connectivity index (χ3n) is 6.28. The Morgan fingerprint density at radius 2 is 1.33 bits per heavy atom. The van der Waals surface area contributed by atoms with Crippen LogP contribution in [0, 0.1) is 5.92 Å². The fourth-order valence-electron chi connectivity index (χ4n) is 4.67. The fourth-order valence-corrected chi connectivity index (χ4v) is 4.67. The van der Waals surface area contributed by atoms with Gasteiger partial charge in [0.15, 0.2) is 0 Å². The summed E-state index contributed by atoms with van der Waals surface area (Å²) in [6.45, 7) is 6.66. The lowest BCUT2D eigenvalue weighted by Gasteiger charge is -2.43. The summed E-state index contributed by atoms with van der Waals surface area (Å²) in [5, 5.41) is 0. The Morgan fingerprint density at radius 1 is 0.815 bits per heavy atom. The number of hydrogen-bond acceptors (Lipinski definition) is 5. The molecule has 27 heavy (non-hydrogen) atoms. The lowest BCUT2D eigenvalue weighted by molar-refractivity contribution is -0.144. The van der Waals surface area contributed by atoms with Crippen LogP contribution in [0.25, 0.3) is 0 Å². The number of carbonyl (C=O) groups excluding carboxylic acids is 3. The van der Waals surface area contributed by atoms with E-state index in [0.717, 1.165) is 12.8 Å². The third kappa shape index (κ3) is 4.54. The smallest absolute Gasteiger partial charge is 0.409 e. The van der Waals surface area contributed by atoms with Crippen LogP contribution in [-0.2, 0) is 14.3 Å². The van der Waals surface area contributed by atoms with Gasteiger partial charge in [-0.05, 0) is 18.8 Å². The number of rotatable bonds is 3. The largest absolute Gasteiger partial charge is 0.453 e. The van der Waals surface area contributed by atoms with Crippen molar-refractivity contribution in [3.8, 4) is 0 Å². The zero-order valence-corrected chi connectivity index (χ0v) is 16.6. The Bertz CT molecular complexity index is 548. The molecule has 3 amide bonds. The van der Waals surface area contributed by atoms with Crippen LogP contribution in [-0.4, -0.2) is 103 Å². The van der Waals surface area contributed by atoms with Crippen molar-refractivity contribution in [1.82, 2.24) is 19.6 Å². The van der Waals surface area contributed by atoms with Crippen molar-refractivity contribution in [1.29, 1.82) is 0 Å². The van der Waals surface area contributed by atoms with E-state index in [1.165, 1.54) is 20.0 Å². The lowest BCUT2D eigenvalue weighted by Crippen LogP contribution is -2.60. The highest BCUT2D eigenvalue weighted by atomic mass is 16.5. The van der Waals surface area contributed by atoms with Gasteiger partial charge in [-0.25, -0.2) is 4.79 Å². The summed E-state index contributed by atoms with van der Waals surface area (Å²) in [5.41, 5.74) is 0. The molecule has 0 aromatic carbocycles. The maximum atomic E-state index is 13.4. The molecule has 152 valence electrons. The van der Waals surface area contributed by atoms with E-state index in [2.05, 4.69) is 4.90 Å². The van der Waals surface area contributed by atoms with Crippen molar-refractivity contribution in [2.45, 2.75) is 38.6 Å². The van der Waals surface area contributed by atoms with Crippen molar-refractivity contribution < 1.29 is 19.1 Å². The van der Waals surface area contributed by atoms with E-state index in [1.807, 2.05) is 9.80 Å².